The second kappa shape index (κ2) is 6.18. The molecule has 1 heterocycles. The summed E-state index contributed by atoms with van der Waals surface area (Å²) in [6.07, 6.45) is 3.67. The summed E-state index contributed by atoms with van der Waals surface area (Å²) >= 11 is 0. The molecular weight excluding hydrogens is 244 g/mol. The van der Waals surface area contributed by atoms with Crippen molar-refractivity contribution in [2.45, 2.75) is 19.4 Å². The van der Waals surface area contributed by atoms with Gasteiger partial charge in [-0.25, -0.2) is 0 Å². The predicted molar refractivity (Wildman–Crippen MR) is 70.1 cm³/mol. The number of carbonyl (C=O) groups excluding carboxylic acids is 2. The maximum Gasteiger partial charge on any atom is 0.321 e. The first-order valence-electron chi connectivity index (χ1n) is 6.31. The van der Waals surface area contributed by atoms with Crippen molar-refractivity contribution in [3.8, 4) is 0 Å². The van der Waals surface area contributed by atoms with Crippen molar-refractivity contribution in [1.29, 1.82) is 0 Å². The van der Waals surface area contributed by atoms with Crippen LogP contribution >= 0.6 is 0 Å². The number of hydrogen-bond acceptors (Lipinski definition) is 4. The van der Waals surface area contributed by atoms with Crippen LogP contribution in [0.1, 0.15) is 18.9 Å². The van der Waals surface area contributed by atoms with Crippen LogP contribution in [0.15, 0.2) is 36.4 Å². The van der Waals surface area contributed by atoms with Crippen LogP contribution in [0.25, 0.3) is 6.08 Å². The molecule has 2 rings (SSSR count). The Morgan fingerprint density at radius 2 is 2.16 bits per heavy atom. The van der Waals surface area contributed by atoms with Crippen molar-refractivity contribution < 1.29 is 19.1 Å². The Hall–Kier alpha value is -2.10. The second-order valence-corrected chi connectivity index (χ2v) is 4.29. The van der Waals surface area contributed by atoms with Gasteiger partial charge in [-0.3, -0.25) is 9.59 Å². The summed E-state index contributed by atoms with van der Waals surface area (Å²) in [6.45, 7) is 1.98. The molecule has 2 atom stereocenters. The molecule has 0 N–H and O–H groups in total. The van der Waals surface area contributed by atoms with Gasteiger partial charge in [-0.2, -0.15) is 0 Å². The summed E-state index contributed by atoms with van der Waals surface area (Å²) < 4.78 is 9.98. The predicted octanol–water partition coefficient (Wildman–Crippen LogP) is 2.19. The van der Waals surface area contributed by atoms with Gasteiger partial charge in [0.1, 0.15) is 6.10 Å². The zero-order valence-corrected chi connectivity index (χ0v) is 10.7. The Balaban J connectivity index is 1.96. The summed E-state index contributed by atoms with van der Waals surface area (Å²) in [5, 5.41) is 0. The van der Waals surface area contributed by atoms with Gasteiger partial charge in [-0.05, 0) is 18.6 Å². The van der Waals surface area contributed by atoms with Crippen molar-refractivity contribution in [3.05, 3.63) is 42.0 Å². The Kier molecular flexibility index (Phi) is 4.34. The molecule has 4 nitrogen and oxygen atoms in total. The lowest BCUT2D eigenvalue weighted by molar-refractivity contribution is -0.155. The molecule has 1 aromatic rings. The first kappa shape index (κ1) is 13.3. The van der Waals surface area contributed by atoms with E-state index in [1.165, 1.54) is 0 Å². The van der Waals surface area contributed by atoms with Crippen LogP contribution in [0.5, 0.6) is 0 Å². The molecule has 0 bridgehead atoms. The number of ether oxygens (including phenoxy) is 2. The molecule has 0 aliphatic carbocycles. The lowest BCUT2D eigenvalue weighted by Gasteiger charge is -2.03. The molecule has 4 heteroatoms. The zero-order chi connectivity index (χ0) is 13.7. The standard InChI is InChI=1S/C15H16O4/c1-2-18-14(16)13-10-12(19-15(13)17)9-8-11-6-4-3-5-7-11/h3-9,12-13H,2,10H2,1H3/b9-8+. The fourth-order valence-electron chi connectivity index (χ4n) is 1.94. The van der Waals surface area contributed by atoms with E-state index >= 15 is 0 Å². The van der Waals surface area contributed by atoms with Gasteiger partial charge < -0.3 is 9.47 Å². The van der Waals surface area contributed by atoms with E-state index in [1.807, 2.05) is 36.4 Å². The van der Waals surface area contributed by atoms with E-state index in [9.17, 15) is 9.59 Å². The van der Waals surface area contributed by atoms with Gasteiger partial charge in [-0.1, -0.05) is 36.4 Å². The van der Waals surface area contributed by atoms with Gasteiger partial charge in [0, 0.05) is 6.42 Å². The fraction of sp³-hybridized carbons (Fsp3) is 0.333. The molecule has 19 heavy (non-hydrogen) atoms. The molecule has 1 aliphatic rings. The van der Waals surface area contributed by atoms with Gasteiger partial charge in [0.05, 0.1) is 6.61 Å². The lowest BCUT2D eigenvalue weighted by atomic mass is 10.0. The number of benzene rings is 1. The minimum atomic E-state index is -0.787. The molecule has 0 spiro atoms. The van der Waals surface area contributed by atoms with E-state index in [0.717, 1.165) is 5.56 Å². The van der Waals surface area contributed by atoms with Crippen LogP contribution < -0.4 is 0 Å². The number of esters is 2. The average molecular weight is 260 g/mol. The summed E-state index contributed by atoms with van der Waals surface area (Å²) in [4.78, 5) is 23.1. The highest BCUT2D eigenvalue weighted by Gasteiger charge is 2.39. The Morgan fingerprint density at radius 3 is 2.84 bits per heavy atom. The summed E-state index contributed by atoms with van der Waals surface area (Å²) in [5.74, 6) is -1.78. The molecule has 1 saturated heterocycles. The van der Waals surface area contributed by atoms with Gasteiger partial charge in [0.2, 0.25) is 0 Å². The minimum Gasteiger partial charge on any atom is -0.465 e. The van der Waals surface area contributed by atoms with E-state index < -0.39 is 17.9 Å². The molecule has 1 fully saturated rings. The van der Waals surface area contributed by atoms with Crippen LogP contribution in [-0.2, 0) is 19.1 Å². The highest BCUT2D eigenvalue weighted by atomic mass is 16.6. The van der Waals surface area contributed by atoms with Crippen LogP contribution in [0, 0.1) is 5.92 Å². The summed E-state index contributed by atoms with van der Waals surface area (Å²) in [5.41, 5.74) is 1.03. The monoisotopic (exact) mass is 260 g/mol. The van der Waals surface area contributed by atoms with Crippen LogP contribution in [0.2, 0.25) is 0 Å². The first-order chi connectivity index (χ1) is 9.20. The van der Waals surface area contributed by atoms with E-state index in [-0.39, 0.29) is 12.7 Å². The molecular formula is C15H16O4. The van der Waals surface area contributed by atoms with Gasteiger partial charge in [0.25, 0.3) is 0 Å². The topological polar surface area (TPSA) is 52.6 Å². The van der Waals surface area contributed by atoms with Crippen LogP contribution in [0.4, 0.5) is 0 Å². The molecule has 100 valence electrons. The number of hydrogen-bond donors (Lipinski definition) is 0. The fourth-order valence-corrected chi connectivity index (χ4v) is 1.94. The number of carbonyl (C=O) groups is 2. The zero-order valence-electron chi connectivity index (χ0n) is 10.7. The maximum absolute atomic E-state index is 11.6. The van der Waals surface area contributed by atoms with Gasteiger partial charge in [-0.15, -0.1) is 0 Å². The lowest BCUT2D eigenvalue weighted by Crippen LogP contribution is -2.21. The maximum atomic E-state index is 11.6. The minimum absolute atomic E-state index is 0.271. The molecule has 0 aromatic heterocycles. The molecule has 2 unspecified atom stereocenters. The highest BCUT2D eigenvalue weighted by Crippen LogP contribution is 2.24. The van der Waals surface area contributed by atoms with E-state index in [2.05, 4.69) is 0 Å². The first-order valence-corrected chi connectivity index (χ1v) is 6.31. The highest BCUT2D eigenvalue weighted by molar-refractivity contribution is 5.96. The van der Waals surface area contributed by atoms with Crippen LogP contribution in [-0.4, -0.2) is 24.6 Å². The Morgan fingerprint density at radius 1 is 1.42 bits per heavy atom. The van der Waals surface area contributed by atoms with E-state index in [4.69, 9.17) is 9.47 Å². The second-order valence-electron chi connectivity index (χ2n) is 4.29. The summed E-state index contributed by atoms with van der Waals surface area (Å²) in [7, 11) is 0. The van der Waals surface area contributed by atoms with Crippen molar-refractivity contribution in [1.82, 2.24) is 0 Å². The van der Waals surface area contributed by atoms with Crippen molar-refractivity contribution in [2.75, 3.05) is 6.61 Å². The normalized spacial score (nSPS) is 22.5. The molecule has 0 saturated carbocycles. The third-order valence-electron chi connectivity index (χ3n) is 2.89. The largest absolute Gasteiger partial charge is 0.465 e. The quantitative estimate of drug-likeness (QED) is 0.615. The van der Waals surface area contributed by atoms with E-state index in [0.29, 0.717) is 6.42 Å². The average Bonchev–Trinajstić information content (AvgIpc) is 2.79. The third-order valence-corrected chi connectivity index (χ3v) is 2.89. The molecule has 0 amide bonds. The Labute approximate surface area is 112 Å². The van der Waals surface area contributed by atoms with E-state index in [1.54, 1.807) is 13.0 Å². The van der Waals surface area contributed by atoms with Crippen molar-refractivity contribution >= 4 is 18.0 Å². The Bertz CT molecular complexity index is 478. The molecule has 1 aromatic carbocycles. The third kappa shape index (κ3) is 3.44. The summed E-state index contributed by atoms with van der Waals surface area (Å²) in [6, 6.07) is 9.71. The number of rotatable bonds is 4. The van der Waals surface area contributed by atoms with Gasteiger partial charge >= 0.3 is 11.9 Å². The molecule has 1 aliphatic heterocycles. The van der Waals surface area contributed by atoms with Gasteiger partial charge in [0.15, 0.2) is 5.92 Å². The number of cyclic esters (lactones) is 1. The molecule has 0 radical (unpaired) electrons. The SMILES string of the molecule is CCOC(=O)C1CC(/C=C/c2ccccc2)OC1=O. The smallest absolute Gasteiger partial charge is 0.321 e. The van der Waals surface area contributed by atoms with Crippen molar-refractivity contribution in [2.24, 2.45) is 5.92 Å². The van der Waals surface area contributed by atoms with Crippen LogP contribution in [0.3, 0.4) is 0 Å². The van der Waals surface area contributed by atoms with Crippen molar-refractivity contribution in [3.63, 3.8) is 0 Å².